The largest absolute Gasteiger partial charge is 0.382 e. The predicted molar refractivity (Wildman–Crippen MR) is 63.6 cm³/mol. The van der Waals surface area contributed by atoms with E-state index in [4.69, 9.17) is 4.84 Å². The molecule has 1 aliphatic carbocycles. The van der Waals surface area contributed by atoms with E-state index >= 15 is 0 Å². The van der Waals surface area contributed by atoms with Crippen LogP contribution in [0.15, 0.2) is 29.4 Å². The van der Waals surface area contributed by atoms with Gasteiger partial charge in [0.2, 0.25) is 6.10 Å². The molecule has 1 heterocycles. The average molecular weight is 248 g/mol. The molecular formula is C13H13FN2O2. The summed E-state index contributed by atoms with van der Waals surface area (Å²) in [7, 11) is 0. The van der Waals surface area contributed by atoms with Gasteiger partial charge < -0.3 is 10.2 Å². The van der Waals surface area contributed by atoms with Crippen molar-refractivity contribution in [2.45, 2.75) is 31.4 Å². The monoisotopic (exact) mass is 248 g/mol. The number of oxime groups is 1. The van der Waals surface area contributed by atoms with Gasteiger partial charge in [-0.2, -0.15) is 0 Å². The molecule has 1 fully saturated rings. The smallest absolute Gasteiger partial charge is 0.264 e. The molecule has 3 rings (SSSR count). The Labute approximate surface area is 104 Å². The molecule has 1 aliphatic heterocycles. The molecule has 0 saturated heterocycles. The minimum absolute atomic E-state index is 0.160. The summed E-state index contributed by atoms with van der Waals surface area (Å²) in [6.45, 7) is 0. The second-order valence-electron chi connectivity index (χ2n) is 4.60. The molecule has 1 N–H and O–H groups in total. The Balaban J connectivity index is 1.67. The number of benzene rings is 1. The molecule has 4 nitrogen and oxygen atoms in total. The topological polar surface area (TPSA) is 50.7 Å². The third-order valence-electron chi connectivity index (χ3n) is 3.07. The van der Waals surface area contributed by atoms with Crippen LogP contribution in [0, 0.1) is 5.82 Å². The van der Waals surface area contributed by atoms with Gasteiger partial charge in [0, 0.05) is 18.0 Å². The molecule has 0 unspecified atom stereocenters. The van der Waals surface area contributed by atoms with E-state index in [1.54, 1.807) is 18.2 Å². The third-order valence-corrected chi connectivity index (χ3v) is 3.07. The van der Waals surface area contributed by atoms with Gasteiger partial charge in [-0.25, -0.2) is 4.39 Å². The van der Waals surface area contributed by atoms with Gasteiger partial charge in [0.1, 0.15) is 5.82 Å². The first kappa shape index (κ1) is 11.2. The maximum Gasteiger partial charge on any atom is 0.264 e. The van der Waals surface area contributed by atoms with Crippen molar-refractivity contribution in [3.63, 3.8) is 0 Å². The average Bonchev–Trinajstić information content (AvgIpc) is 3.04. The molecule has 18 heavy (non-hydrogen) atoms. The lowest BCUT2D eigenvalue weighted by molar-refractivity contribution is -0.131. The van der Waals surface area contributed by atoms with Crippen LogP contribution in [0.3, 0.4) is 0 Å². The normalized spacial score (nSPS) is 22.3. The van der Waals surface area contributed by atoms with Crippen molar-refractivity contribution in [2.75, 3.05) is 0 Å². The summed E-state index contributed by atoms with van der Waals surface area (Å²) in [5, 5.41) is 6.66. The fourth-order valence-electron chi connectivity index (χ4n) is 1.89. The molecule has 1 aromatic rings. The zero-order valence-electron chi connectivity index (χ0n) is 9.73. The van der Waals surface area contributed by atoms with Crippen molar-refractivity contribution >= 4 is 11.6 Å². The van der Waals surface area contributed by atoms with E-state index in [1.165, 1.54) is 6.07 Å². The first-order chi connectivity index (χ1) is 8.74. The highest BCUT2D eigenvalue weighted by Crippen LogP contribution is 2.22. The number of halogens is 1. The van der Waals surface area contributed by atoms with Crippen molar-refractivity contribution < 1.29 is 14.0 Å². The molecule has 1 atom stereocenters. The number of nitrogens with zero attached hydrogens (tertiary/aromatic N) is 1. The number of amides is 1. The Morgan fingerprint density at radius 1 is 1.39 bits per heavy atom. The van der Waals surface area contributed by atoms with Crippen molar-refractivity contribution in [3.05, 3.63) is 35.6 Å². The van der Waals surface area contributed by atoms with E-state index in [0.29, 0.717) is 23.7 Å². The summed E-state index contributed by atoms with van der Waals surface area (Å²) < 4.78 is 13.6. The van der Waals surface area contributed by atoms with E-state index in [-0.39, 0.29) is 11.7 Å². The maximum absolute atomic E-state index is 13.6. The van der Waals surface area contributed by atoms with Crippen LogP contribution in [0.25, 0.3) is 0 Å². The van der Waals surface area contributed by atoms with Crippen LogP contribution in [0.4, 0.5) is 4.39 Å². The van der Waals surface area contributed by atoms with Crippen LogP contribution in [-0.4, -0.2) is 23.8 Å². The zero-order valence-corrected chi connectivity index (χ0v) is 9.73. The lowest BCUT2D eigenvalue weighted by Gasteiger charge is -2.08. The molecule has 0 spiro atoms. The molecule has 0 radical (unpaired) electrons. The van der Waals surface area contributed by atoms with E-state index in [2.05, 4.69) is 10.5 Å². The molecule has 0 aromatic heterocycles. The summed E-state index contributed by atoms with van der Waals surface area (Å²) in [6.07, 6.45) is 1.75. The number of nitrogens with one attached hydrogen (secondary N) is 1. The van der Waals surface area contributed by atoms with E-state index in [9.17, 15) is 9.18 Å². The summed E-state index contributed by atoms with van der Waals surface area (Å²) in [5.74, 6) is -0.504. The summed E-state index contributed by atoms with van der Waals surface area (Å²) in [4.78, 5) is 16.8. The lowest BCUT2D eigenvalue weighted by atomic mass is 10.0. The first-order valence-corrected chi connectivity index (χ1v) is 6.02. The highest BCUT2D eigenvalue weighted by atomic mass is 19.1. The standard InChI is InChI=1S/C13H13FN2O2/c14-10-4-2-1-3-9(10)11-7-12(18-16-11)13(17)15-8-5-6-8/h1-4,8,12H,5-7H2,(H,15,17)/t12-/m1/s1. The summed E-state index contributed by atoms with van der Waals surface area (Å²) in [5.41, 5.74) is 0.892. The number of carbonyl (C=O) groups is 1. The highest BCUT2D eigenvalue weighted by molar-refractivity contribution is 6.04. The molecule has 1 aromatic carbocycles. The highest BCUT2D eigenvalue weighted by Gasteiger charge is 2.33. The molecule has 1 amide bonds. The quantitative estimate of drug-likeness (QED) is 0.883. The molecule has 0 bridgehead atoms. The van der Waals surface area contributed by atoms with Gasteiger partial charge in [-0.1, -0.05) is 23.4 Å². The van der Waals surface area contributed by atoms with Crippen LogP contribution < -0.4 is 5.32 Å². The molecule has 2 aliphatic rings. The Bertz CT molecular complexity index is 511. The van der Waals surface area contributed by atoms with Crippen LogP contribution in [0.5, 0.6) is 0 Å². The fraction of sp³-hybridized carbons (Fsp3) is 0.385. The predicted octanol–water partition coefficient (Wildman–Crippen LogP) is 1.60. The van der Waals surface area contributed by atoms with E-state index in [1.807, 2.05) is 0 Å². The Morgan fingerprint density at radius 3 is 2.89 bits per heavy atom. The molecule has 1 saturated carbocycles. The van der Waals surface area contributed by atoms with Crippen LogP contribution in [0.2, 0.25) is 0 Å². The second-order valence-corrected chi connectivity index (χ2v) is 4.60. The zero-order chi connectivity index (χ0) is 12.5. The SMILES string of the molecule is O=C(NC1CC1)[C@H]1CC(c2ccccc2F)=NO1. The summed E-state index contributed by atoms with van der Waals surface area (Å²) >= 11 is 0. The van der Waals surface area contributed by atoms with Crippen LogP contribution >= 0.6 is 0 Å². The number of rotatable bonds is 3. The number of carbonyl (C=O) groups excluding carboxylic acids is 1. The minimum Gasteiger partial charge on any atom is -0.382 e. The van der Waals surface area contributed by atoms with Crippen molar-refractivity contribution in [3.8, 4) is 0 Å². The van der Waals surface area contributed by atoms with Gasteiger partial charge in [-0.15, -0.1) is 0 Å². The van der Waals surface area contributed by atoms with Crippen molar-refractivity contribution in [1.82, 2.24) is 5.32 Å². The van der Waals surface area contributed by atoms with Gasteiger partial charge in [-0.3, -0.25) is 4.79 Å². The number of hydrogen-bond donors (Lipinski definition) is 1. The third kappa shape index (κ3) is 2.20. The lowest BCUT2D eigenvalue weighted by Crippen LogP contribution is -2.36. The number of hydrogen-bond acceptors (Lipinski definition) is 3. The van der Waals surface area contributed by atoms with Crippen molar-refractivity contribution in [2.24, 2.45) is 5.16 Å². The van der Waals surface area contributed by atoms with Crippen LogP contribution in [-0.2, 0) is 9.63 Å². The van der Waals surface area contributed by atoms with Crippen molar-refractivity contribution in [1.29, 1.82) is 0 Å². The molecular weight excluding hydrogens is 235 g/mol. The summed E-state index contributed by atoms with van der Waals surface area (Å²) in [6, 6.07) is 6.65. The van der Waals surface area contributed by atoms with Gasteiger partial charge >= 0.3 is 0 Å². The minimum atomic E-state index is -0.625. The van der Waals surface area contributed by atoms with Crippen LogP contribution in [0.1, 0.15) is 24.8 Å². The Hall–Kier alpha value is -1.91. The Morgan fingerprint density at radius 2 is 2.17 bits per heavy atom. The van der Waals surface area contributed by atoms with Gasteiger partial charge in [-0.05, 0) is 18.9 Å². The first-order valence-electron chi connectivity index (χ1n) is 6.02. The Kier molecular flexibility index (Phi) is 2.74. The maximum atomic E-state index is 13.6. The molecule has 94 valence electrons. The fourth-order valence-corrected chi connectivity index (χ4v) is 1.89. The van der Waals surface area contributed by atoms with Gasteiger partial charge in [0.25, 0.3) is 5.91 Å². The molecule has 5 heteroatoms. The second kappa shape index (κ2) is 4.40. The van der Waals surface area contributed by atoms with E-state index < -0.39 is 6.10 Å². The van der Waals surface area contributed by atoms with Gasteiger partial charge in [0.05, 0.1) is 5.71 Å². The van der Waals surface area contributed by atoms with Gasteiger partial charge in [0.15, 0.2) is 0 Å². The van der Waals surface area contributed by atoms with E-state index in [0.717, 1.165) is 12.8 Å².